The molecule has 1 heterocycles. The van der Waals surface area contributed by atoms with Gasteiger partial charge in [0.2, 0.25) is 0 Å². The van der Waals surface area contributed by atoms with Crippen molar-refractivity contribution in [3.63, 3.8) is 0 Å². The van der Waals surface area contributed by atoms with Gasteiger partial charge in [-0.05, 0) is 24.1 Å². The van der Waals surface area contributed by atoms with Crippen molar-refractivity contribution in [1.82, 2.24) is 9.36 Å². The molecule has 0 aliphatic rings. The van der Waals surface area contributed by atoms with E-state index >= 15 is 0 Å². The van der Waals surface area contributed by atoms with Gasteiger partial charge in [0.1, 0.15) is 11.5 Å². The first-order valence-corrected chi connectivity index (χ1v) is 5.83. The SMILES string of the molecule is CCc1c(N)c(=O)n(Cc2ccc(F)cc2)n1C. The zero-order valence-electron chi connectivity index (χ0n) is 10.5. The molecule has 0 saturated heterocycles. The van der Waals surface area contributed by atoms with Crippen molar-refractivity contribution in [3.05, 3.63) is 51.7 Å². The molecule has 5 heteroatoms. The highest BCUT2D eigenvalue weighted by Crippen LogP contribution is 2.10. The fourth-order valence-corrected chi connectivity index (χ4v) is 2.08. The van der Waals surface area contributed by atoms with Crippen LogP contribution < -0.4 is 11.3 Å². The summed E-state index contributed by atoms with van der Waals surface area (Å²) in [4.78, 5) is 12.0. The molecule has 0 amide bonds. The molecule has 18 heavy (non-hydrogen) atoms. The topological polar surface area (TPSA) is 53.0 Å². The third-order valence-electron chi connectivity index (χ3n) is 3.11. The van der Waals surface area contributed by atoms with Gasteiger partial charge in [-0.25, -0.2) is 9.07 Å². The maximum absolute atomic E-state index is 12.8. The first-order valence-electron chi connectivity index (χ1n) is 5.83. The van der Waals surface area contributed by atoms with Crippen LogP contribution in [0.25, 0.3) is 0 Å². The molecule has 0 aliphatic heterocycles. The number of rotatable bonds is 3. The van der Waals surface area contributed by atoms with Crippen molar-refractivity contribution in [2.75, 3.05) is 5.73 Å². The third kappa shape index (κ3) is 2.03. The summed E-state index contributed by atoms with van der Waals surface area (Å²) < 4.78 is 16.1. The van der Waals surface area contributed by atoms with Crippen LogP contribution in [0.2, 0.25) is 0 Å². The van der Waals surface area contributed by atoms with Crippen LogP contribution in [-0.2, 0) is 20.0 Å². The number of nitrogen functional groups attached to an aromatic ring is 1. The molecule has 2 rings (SSSR count). The number of nitrogens with two attached hydrogens (primary N) is 1. The van der Waals surface area contributed by atoms with Crippen LogP contribution in [-0.4, -0.2) is 9.36 Å². The standard InChI is InChI=1S/C13H16FN3O/c1-3-11-12(15)13(18)17(16(11)2)8-9-4-6-10(14)7-5-9/h4-7H,3,8,15H2,1-2H3. The lowest BCUT2D eigenvalue weighted by molar-refractivity contribution is 0.519. The predicted molar refractivity (Wildman–Crippen MR) is 69.0 cm³/mol. The Hall–Kier alpha value is -2.04. The summed E-state index contributed by atoms with van der Waals surface area (Å²) in [6, 6.07) is 6.09. The van der Waals surface area contributed by atoms with E-state index in [2.05, 4.69) is 0 Å². The molecule has 4 nitrogen and oxygen atoms in total. The van der Waals surface area contributed by atoms with Crippen LogP contribution in [0.4, 0.5) is 10.1 Å². The molecule has 0 aliphatic carbocycles. The second kappa shape index (κ2) is 4.68. The summed E-state index contributed by atoms with van der Waals surface area (Å²) >= 11 is 0. The highest BCUT2D eigenvalue weighted by molar-refractivity contribution is 5.41. The molecule has 0 unspecified atom stereocenters. The summed E-state index contributed by atoms with van der Waals surface area (Å²) in [5.41, 5.74) is 7.56. The Morgan fingerprint density at radius 1 is 1.28 bits per heavy atom. The Morgan fingerprint density at radius 2 is 1.89 bits per heavy atom. The van der Waals surface area contributed by atoms with E-state index in [1.807, 2.05) is 6.92 Å². The number of nitrogens with zero attached hydrogens (tertiary/aromatic N) is 2. The molecule has 0 bridgehead atoms. The quantitative estimate of drug-likeness (QED) is 0.896. The zero-order chi connectivity index (χ0) is 13.3. The summed E-state index contributed by atoms with van der Waals surface area (Å²) in [6.07, 6.45) is 0.702. The minimum absolute atomic E-state index is 0.196. The first kappa shape index (κ1) is 12.4. The van der Waals surface area contributed by atoms with E-state index in [-0.39, 0.29) is 11.4 Å². The summed E-state index contributed by atoms with van der Waals surface area (Å²) in [7, 11) is 1.81. The number of benzene rings is 1. The van der Waals surface area contributed by atoms with Crippen molar-refractivity contribution in [1.29, 1.82) is 0 Å². The molecule has 2 N–H and O–H groups in total. The van der Waals surface area contributed by atoms with Crippen molar-refractivity contribution in [3.8, 4) is 0 Å². The minimum atomic E-state index is -0.285. The highest BCUT2D eigenvalue weighted by Gasteiger charge is 2.13. The van der Waals surface area contributed by atoms with Crippen molar-refractivity contribution >= 4 is 5.69 Å². The number of halogens is 1. The van der Waals surface area contributed by atoms with Crippen LogP contribution in [0.1, 0.15) is 18.2 Å². The maximum atomic E-state index is 12.8. The minimum Gasteiger partial charge on any atom is -0.393 e. The number of hydrogen-bond donors (Lipinski definition) is 1. The Balaban J connectivity index is 2.41. The van der Waals surface area contributed by atoms with Gasteiger partial charge < -0.3 is 5.73 Å². The molecule has 1 aromatic heterocycles. The molecular formula is C13H16FN3O. The van der Waals surface area contributed by atoms with Gasteiger partial charge in [0.05, 0.1) is 12.2 Å². The fraction of sp³-hybridized carbons (Fsp3) is 0.308. The van der Waals surface area contributed by atoms with Crippen molar-refractivity contribution in [2.24, 2.45) is 7.05 Å². The molecule has 0 fully saturated rings. The van der Waals surface area contributed by atoms with Crippen LogP contribution in [0.5, 0.6) is 0 Å². The van der Waals surface area contributed by atoms with E-state index < -0.39 is 0 Å². The summed E-state index contributed by atoms with van der Waals surface area (Å²) in [5, 5.41) is 0. The Kier molecular flexibility index (Phi) is 3.23. The molecule has 1 aromatic carbocycles. The number of aromatic nitrogens is 2. The molecule has 0 atom stereocenters. The smallest absolute Gasteiger partial charge is 0.290 e. The normalized spacial score (nSPS) is 10.8. The lowest BCUT2D eigenvalue weighted by Gasteiger charge is -2.09. The van der Waals surface area contributed by atoms with E-state index in [1.165, 1.54) is 12.1 Å². The van der Waals surface area contributed by atoms with Gasteiger partial charge in [-0.3, -0.25) is 9.48 Å². The largest absolute Gasteiger partial charge is 0.393 e. The average molecular weight is 249 g/mol. The lowest BCUT2D eigenvalue weighted by atomic mass is 10.2. The fourth-order valence-electron chi connectivity index (χ4n) is 2.08. The third-order valence-corrected chi connectivity index (χ3v) is 3.11. The van der Waals surface area contributed by atoms with Gasteiger partial charge in [0.15, 0.2) is 0 Å². The van der Waals surface area contributed by atoms with Crippen LogP contribution in [0, 0.1) is 5.82 Å². The second-order valence-electron chi connectivity index (χ2n) is 4.23. The molecular weight excluding hydrogens is 233 g/mol. The lowest BCUT2D eigenvalue weighted by Crippen LogP contribution is -2.23. The van der Waals surface area contributed by atoms with Gasteiger partial charge >= 0.3 is 0 Å². The molecule has 96 valence electrons. The van der Waals surface area contributed by atoms with Crippen LogP contribution in [0.3, 0.4) is 0 Å². The van der Waals surface area contributed by atoms with Gasteiger partial charge in [0.25, 0.3) is 5.56 Å². The van der Waals surface area contributed by atoms with Gasteiger partial charge in [-0.15, -0.1) is 0 Å². The molecule has 2 aromatic rings. The van der Waals surface area contributed by atoms with Gasteiger partial charge in [0, 0.05) is 7.05 Å². The van der Waals surface area contributed by atoms with Crippen molar-refractivity contribution in [2.45, 2.75) is 19.9 Å². The molecule has 0 saturated carbocycles. The average Bonchev–Trinajstić information content (AvgIpc) is 2.56. The Labute approximate surface area is 104 Å². The maximum Gasteiger partial charge on any atom is 0.290 e. The van der Waals surface area contributed by atoms with E-state index in [4.69, 9.17) is 5.73 Å². The van der Waals surface area contributed by atoms with Crippen molar-refractivity contribution < 1.29 is 4.39 Å². The first-order chi connectivity index (χ1) is 8.54. The zero-order valence-corrected chi connectivity index (χ0v) is 10.5. The highest BCUT2D eigenvalue weighted by atomic mass is 19.1. The second-order valence-corrected chi connectivity index (χ2v) is 4.23. The Bertz CT molecular complexity index is 610. The summed E-state index contributed by atoms with van der Waals surface area (Å²) in [6.45, 7) is 2.34. The monoisotopic (exact) mass is 249 g/mol. The van der Waals surface area contributed by atoms with E-state index in [9.17, 15) is 9.18 Å². The predicted octanol–water partition coefficient (Wildman–Crippen LogP) is 1.52. The van der Waals surface area contributed by atoms with Crippen LogP contribution >= 0.6 is 0 Å². The van der Waals surface area contributed by atoms with E-state index in [0.29, 0.717) is 18.7 Å². The van der Waals surface area contributed by atoms with Gasteiger partial charge in [-0.2, -0.15) is 0 Å². The number of hydrogen-bond acceptors (Lipinski definition) is 2. The van der Waals surface area contributed by atoms with E-state index in [0.717, 1.165) is 11.3 Å². The molecule has 0 spiro atoms. The van der Waals surface area contributed by atoms with Gasteiger partial charge in [-0.1, -0.05) is 19.1 Å². The molecule has 0 radical (unpaired) electrons. The van der Waals surface area contributed by atoms with Crippen LogP contribution in [0.15, 0.2) is 29.1 Å². The number of anilines is 1. The van der Waals surface area contributed by atoms with E-state index in [1.54, 1.807) is 28.5 Å². The Morgan fingerprint density at radius 3 is 2.39 bits per heavy atom. The summed E-state index contributed by atoms with van der Waals surface area (Å²) in [5.74, 6) is -0.285.